The summed E-state index contributed by atoms with van der Waals surface area (Å²) in [6.07, 6.45) is 0. The number of halogens is 1. The number of rotatable bonds is 5. The van der Waals surface area contributed by atoms with E-state index in [2.05, 4.69) is 10.4 Å². The molecule has 1 heterocycles. The van der Waals surface area contributed by atoms with E-state index in [1.807, 2.05) is 0 Å². The molecule has 0 atom stereocenters. The molecule has 0 aliphatic heterocycles. The Hall–Kier alpha value is -1.86. The van der Waals surface area contributed by atoms with Crippen molar-refractivity contribution in [2.75, 3.05) is 5.32 Å². The van der Waals surface area contributed by atoms with E-state index in [-0.39, 0.29) is 17.4 Å². The molecule has 0 unspecified atom stereocenters. The molecule has 0 spiro atoms. The van der Waals surface area contributed by atoms with Gasteiger partial charge in [0.1, 0.15) is 5.15 Å². The lowest BCUT2D eigenvalue weighted by molar-refractivity contribution is -0.114. The van der Waals surface area contributed by atoms with Gasteiger partial charge in [-0.05, 0) is 23.8 Å². The number of nitrogens with one attached hydrogen (secondary N) is 1. The van der Waals surface area contributed by atoms with Gasteiger partial charge in [0.2, 0.25) is 5.91 Å². The van der Waals surface area contributed by atoms with Crippen LogP contribution in [-0.2, 0) is 33.2 Å². The number of hydrogen-bond acceptors (Lipinski definition) is 4. The van der Waals surface area contributed by atoms with E-state index in [4.69, 9.17) is 11.6 Å². The molecule has 0 aliphatic carbocycles. The molecule has 0 radical (unpaired) electrons. The number of carbonyl (C=O) groups excluding carboxylic acids is 1. The third-order valence-corrected chi connectivity index (χ3v) is 4.76. The van der Waals surface area contributed by atoms with Crippen molar-refractivity contribution in [2.45, 2.75) is 18.4 Å². The third-order valence-electron chi connectivity index (χ3n) is 2.90. The summed E-state index contributed by atoms with van der Waals surface area (Å²) in [5.41, 5.74) is 1.70. The summed E-state index contributed by atoms with van der Waals surface area (Å²) < 4.78 is 25.8. The quantitative estimate of drug-likeness (QED) is 0.903. The summed E-state index contributed by atoms with van der Waals surface area (Å²) in [7, 11) is -1.70. The fourth-order valence-electron chi connectivity index (χ4n) is 1.99. The SMILES string of the molecule is CC(=O)Nc1ccc(CS(=O)(=O)Cc2cc(Cl)n(C)n2)cc1. The lowest BCUT2D eigenvalue weighted by Gasteiger charge is -2.05. The zero-order chi connectivity index (χ0) is 16.3. The van der Waals surface area contributed by atoms with Crippen molar-refractivity contribution < 1.29 is 13.2 Å². The number of aryl methyl sites for hydroxylation is 1. The normalized spacial score (nSPS) is 11.4. The van der Waals surface area contributed by atoms with Crippen LogP contribution in [0.15, 0.2) is 30.3 Å². The number of amides is 1. The average molecular weight is 342 g/mol. The zero-order valence-corrected chi connectivity index (χ0v) is 13.8. The second-order valence-corrected chi connectivity index (χ2v) is 7.44. The van der Waals surface area contributed by atoms with Crippen LogP contribution in [0.3, 0.4) is 0 Å². The maximum Gasteiger partial charge on any atom is 0.221 e. The zero-order valence-electron chi connectivity index (χ0n) is 12.2. The van der Waals surface area contributed by atoms with Gasteiger partial charge in [-0.1, -0.05) is 23.7 Å². The Morgan fingerprint density at radius 3 is 2.41 bits per heavy atom. The van der Waals surface area contributed by atoms with Crippen LogP contribution in [0.1, 0.15) is 18.2 Å². The molecule has 22 heavy (non-hydrogen) atoms. The molecular weight excluding hydrogens is 326 g/mol. The summed E-state index contributed by atoms with van der Waals surface area (Å²) in [5.74, 6) is -0.435. The summed E-state index contributed by atoms with van der Waals surface area (Å²) in [4.78, 5) is 10.9. The molecule has 0 aliphatic rings. The second-order valence-electron chi connectivity index (χ2n) is 4.99. The van der Waals surface area contributed by atoms with Crippen molar-refractivity contribution in [3.8, 4) is 0 Å². The van der Waals surface area contributed by atoms with Gasteiger partial charge < -0.3 is 5.32 Å². The van der Waals surface area contributed by atoms with Crippen LogP contribution in [0.4, 0.5) is 5.69 Å². The van der Waals surface area contributed by atoms with Gasteiger partial charge in [-0.2, -0.15) is 5.10 Å². The molecule has 1 aromatic carbocycles. The Kier molecular flexibility index (Phi) is 4.87. The Morgan fingerprint density at radius 1 is 1.27 bits per heavy atom. The Morgan fingerprint density at radius 2 is 1.91 bits per heavy atom. The second kappa shape index (κ2) is 6.50. The molecular formula is C14H16ClN3O3S. The standard InChI is InChI=1S/C14H16ClN3O3S/c1-10(19)16-12-5-3-11(4-6-12)8-22(20,21)9-13-7-14(15)18(2)17-13/h3-7H,8-9H2,1-2H3,(H,16,19). The van der Waals surface area contributed by atoms with E-state index in [1.165, 1.54) is 11.6 Å². The van der Waals surface area contributed by atoms with E-state index in [9.17, 15) is 13.2 Å². The Balaban J connectivity index is 2.06. The fraction of sp³-hybridized carbons (Fsp3) is 0.286. The predicted octanol–water partition coefficient (Wildman–Crippen LogP) is 2.15. The maximum absolute atomic E-state index is 12.2. The number of sulfone groups is 1. The predicted molar refractivity (Wildman–Crippen MR) is 85.3 cm³/mol. The van der Waals surface area contributed by atoms with Gasteiger partial charge in [0, 0.05) is 19.7 Å². The smallest absolute Gasteiger partial charge is 0.221 e. The highest BCUT2D eigenvalue weighted by Crippen LogP contribution is 2.16. The lowest BCUT2D eigenvalue weighted by atomic mass is 10.2. The number of hydrogen-bond donors (Lipinski definition) is 1. The van der Waals surface area contributed by atoms with Gasteiger partial charge in [0.25, 0.3) is 0 Å². The van der Waals surface area contributed by atoms with E-state index < -0.39 is 9.84 Å². The van der Waals surface area contributed by atoms with Gasteiger partial charge in [-0.15, -0.1) is 0 Å². The topological polar surface area (TPSA) is 81.1 Å². The Bertz CT molecular complexity index is 763. The van der Waals surface area contributed by atoms with Gasteiger partial charge in [-0.25, -0.2) is 8.42 Å². The molecule has 0 bridgehead atoms. The van der Waals surface area contributed by atoms with Crippen molar-refractivity contribution >= 4 is 33.0 Å². The molecule has 0 saturated carbocycles. The van der Waals surface area contributed by atoms with E-state index in [1.54, 1.807) is 37.4 Å². The third kappa shape index (κ3) is 4.57. The largest absolute Gasteiger partial charge is 0.326 e. The van der Waals surface area contributed by atoms with Gasteiger partial charge in [-0.3, -0.25) is 9.48 Å². The minimum atomic E-state index is -3.35. The monoisotopic (exact) mass is 341 g/mol. The summed E-state index contributed by atoms with van der Waals surface area (Å²) >= 11 is 5.85. The average Bonchev–Trinajstić information content (AvgIpc) is 2.68. The molecule has 6 nitrogen and oxygen atoms in total. The molecule has 118 valence electrons. The lowest BCUT2D eigenvalue weighted by Crippen LogP contribution is -2.09. The van der Waals surface area contributed by atoms with Crippen LogP contribution in [0.25, 0.3) is 0 Å². The van der Waals surface area contributed by atoms with Crippen LogP contribution < -0.4 is 5.32 Å². The molecule has 1 aromatic heterocycles. The highest BCUT2D eigenvalue weighted by atomic mass is 35.5. The summed E-state index contributed by atoms with van der Waals surface area (Å²) in [5, 5.41) is 7.06. The van der Waals surface area contributed by atoms with Crippen molar-refractivity contribution in [3.05, 3.63) is 46.7 Å². The van der Waals surface area contributed by atoms with Crippen LogP contribution in [0.5, 0.6) is 0 Å². The van der Waals surface area contributed by atoms with E-state index in [0.717, 1.165) is 0 Å². The fourth-order valence-corrected chi connectivity index (χ4v) is 3.55. The van der Waals surface area contributed by atoms with Crippen LogP contribution in [0.2, 0.25) is 5.15 Å². The molecule has 8 heteroatoms. The number of nitrogens with zero attached hydrogens (tertiary/aromatic N) is 2. The maximum atomic E-state index is 12.2. The van der Waals surface area contributed by atoms with Gasteiger partial charge in [0.15, 0.2) is 9.84 Å². The van der Waals surface area contributed by atoms with Crippen LogP contribution >= 0.6 is 11.6 Å². The highest BCUT2D eigenvalue weighted by Gasteiger charge is 2.16. The van der Waals surface area contributed by atoms with Gasteiger partial charge in [0.05, 0.1) is 17.2 Å². The minimum Gasteiger partial charge on any atom is -0.326 e. The van der Waals surface area contributed by atoms with Crippen molar-refractivity contribution in [1.29, 1.82) is 0 Å². The van der Waals surface area contributed by atoms with Gasteiger partial charge >= 0.3 is 0 Å². The van der Waals surface area contributed by atoms with Crippen molar-refractivity contribution in [2.24, 2.45) is 7.05 Å². The summed E-state index contributed by atoms with van der Waals surface area (Å²) in [6, 6.07) is 8.23. The van der Waals surface area contributed by atoms with E-state index in [0.29, 0.717) is 22.1 Å². The van der Waals surface area contributed by atoms with E-state index >= 15 is 0 Å². The molecule has 2 rings (SSSR count). The first-order valence-electron chi connectivity index (χ1n) is 6.50. The van der Waals surface area contributed by atoms with Crippen LogP contribution in [0, 0.1) is 0 Å². The number of aromatic nitrogens is 2. The molecule has 1 N–H and O–H groups in total. The molecule has 0 fully saturated rings. The number of anilines is 1. The van der Waals surface area contributed by atoms with Crippen LogP contribution in [-0.4, -0.2) is 24.1 Å². The number of benzene rings is 1. The minimum absolute atomic E-state index is 0.0957. The number of carbonyl (C=O) groups is 1. The highest BCUT2D eigenvalue weighted by molar-refractivity contribution is 7.89. The first-order valence-corrected chi connectivity index (χ1v) is 8.70. The van der Waals surface area contributed by atoms with Crippen molar-refractivity contribution in [3.63, 3.8) is 0 Å². The molecule has 1 amide bonds. The first-order chi connectivity index (χ1) is 10.2. The first kappa shape index (κ1) is 16.5. The Labute approximate surface area is 134 Å². The molecule has 0 saturated heterocycles. The molecule has 2 aromatic rings. The summed E-state index contributed by atoms with van der Waals surface area (Å²) in [6.45, 7) is 1.41. The van der Waals surface area contributed by atoms with Crippen molar-refractivity contribution in [1.82, 2.24) is 9.78 Å².